The van der Waals surface area contributed by atoms with E-state index in [1.54, 1.807) is 7.11 Å². The van der Waals surface area contributed by atoms with Crippen LogP contribution in [0.2, 0.25) is 0 Å². The molecule has 92 valence electrons. The number of benzene rings is 1. The number of carbonyl (C=O) groups excluding carboxylic acids is 1. The number of methoxy groups -OCH3 is 1. The first-order valence-electron chi connectivity index (χ1n) is 5.82. The van der Waals surface area contributed by atoms with E-state index in [1.807, 2.05) is 25.1 Å². The molecular formula is C13H17NO3. The lowest BCUT2D eigenvalue weighted by Crippen LogP contribution is -2.21. The molecule has 2 rings (SSSR count). The van der Waals surface area contributed by atoms with Crippen molar-refractivity contribution < 1.29 is 14.3 Å². The zero-order valence-corrected chi connectivity index (χ0v) is 10.2. The average molecular weight is 235 g/mol. The first-order chi connectivity index (χ1) is 8.24. The third kappa shape index (κ3) is 2.52. The van der Waals surface area contributed by atoms with E-state index in [0.29, 0.717) is 13.0 Å². The van der Waals surface area contributed by atoms with Gasteiger partial charge in [0.15, 0.2) is 0 Å². The molecule has 0 bridgehead atoms. The fourth-order valence-corrected chi connectivity index (χ4v) is 2.16. The summed E-state index contributed by atoms with van der Waals surface area (Å²) in [6, 6.07) is 5.99. The van der Waals surface area contributed by atoms with Crippen LogP contribution >= 0.6 is 0 Å². The number of hydrogen-bond acceptors (Lipinski definition) is 4. The van der Waals surface area contributed by atoms with E-state index in [9.17, 15) is 4.79 Å². The molecule has 1 heterocycles. The van der Waals surface area contributed by atoms with Crippen molar-refractivity contribution in [3.8, 4) is 5.75 Å². The average Bonchev–Trinajstić information content (AvgIpc) is 2.70. The van der Waals surface area contributed by atoms with Crippen LogP contribution in [-0.2, 0) is 16.0 Å². The number of anilines is 1. The minimum Gasteiger partial charge on any atom is -0.496 e. The second-order valence-electron chi connectivity index (χ2n) is 4.04. The Hall–Kier alpha value is -1.71. The van der Waals surface area contributed by atoms with Crippen molar-refractivity contribution in [2.75, 3.05) is 19.0 Å². The van der Waals surface area contributed by atoms with Crippen molar-refractivity contribution >= 4 is 11.7 Å². The van der Waals surface area contributed by atoms with Gasteiger partial charge in [-0.05, 0) is 25.5 Å². The molecule has 1 aromatic rings. The number of fused-ring (bicyclic) bond motifs is 1. The molecule has 0 saturated heterocycles. The lowest BCUT2D eigenvalue weighted by molar-refractivity contribution is -0.143. The Bertz CT molecular complexity index is 417. The second kappa shape index (κ2) is 5.08. The molecule has 17 heavy (non-hydrogen) atoms. The number of nitrogens with one attached hydrogen (secondary N) is 1. The Morgan fingerprint density at radius 3 is 3.06 bits per heavy atom. The van der Waals surface area contributed by atoms with Crippen LogP contribution in [0.5, 0.6) is 5.75 Å². The first kappa shape index (κ1) is 11.8. The van der Waals surface area contributed by atoms with Gasteiger partial charge in [0, 0.05) is 17.3 Å². The predicted molar refractivity (Wildman–Crippen MR) is 65.4 cm³/mol. The molecule has 1 aliphatic heterocycles. The molecule has 0 aliphatic carbocycles. The van der Waals surface area contributed by atoms with Gasteiger partial charge in [0.25, 0.3) is 0 Å². The molecule has 1 N–H and O–H groups in total. The summed E-state index contributed by atoms with van der Waals surface area (Å²) < 4.78 is 10.3. The highest BCUT2D eigenvalue weighted by atomic mass is 16.5. The van der Waals surface area contributed by atoms with Gasteiger partial charge < -0.3 is 14.8 Å². The molecule has 0 fully saturated rings. The van der Waals surface area contributed by atoms with Gasteiger partial charge in [-0.15, -0.1) is 0 Å². The van der Waals surface area contributed by atoms with Crippen LogP contribution in [0.15, 0.2) is 18.2 Å². The van der Waals surface area contributed by atoms with E-state index in [4.69, 9.17) is 9.47 Å². The first-order valence-corrected chi connectivity index (χ1v) is 5.82. The fourth-order valence-electron chi connectivity index (χ4n) is 2.16. The summed E-state index contributed by atoms with van der Waals surface area (Å²) in [5.74, 6) is 0.720. The Morgan fingerprint density at radius 2 is 2.35 bits per heavy atom. The summed E-state index contributed by atoms with van der Waals surface area (Å²) in [6.45, 7) is 2.25. The standard InChI is InChI=1S/C13H17NO3/c1-3-17-13(15)8-9-7-10-11(14-9)5-4-6-12(10)16-2/h4-6,9,14H,3,7-8H2,1-2H3. The zero-order chi connectivity index (χ0) is 12.3. The number of hydrogen-bond donors (Lipinski definition) is 1. The van der Waals surface area contributed by atoms with E-state index >= 15 is 0 Å². The van der Waals surface area contributed by atoms with E-state index in [2.05, 4.69) is 5.32 Å². The smallest absolute Gasteiger partial charge is 0.307 e. The van der Waals surface area contributed by atoms with E-state index in [0.717, 1.165) is 23.4 Å². The molecule has 4 heteroatoms. The molecule has 1 aromatic carbocycles. The topological polar surface area (TPSA) is 47.6 Å². The SMILES string of the molecule is CCOC(=O)CC1Cc2c(cccc2OC)N1. The van der Waals surface area contributed by atoms with Crippen molar-refractivity contribution in [1.29, 1.82) is 0 Å². The van der Waals surface area contributed by atoms with Gasteiger partial charge in [-0.3, -0.25) is 4.79 Å². The summed E-state index contributed by atoms with van der Waals surface area (Å²) in [6.07, 6.45) is 1.20. The molecule has 1 atom stereocenters. The molecule has 1 aliphatic rings. The van der Waals surface area contributed by atoms with Crippen LogP contribution in [0.3, 0.4) is 0 Å². The van der Waals surface area contributed by atoms with Gasteiger partial charge in [-0.1, -0.05) is 6.07 Å². The van der Waals surface area contributed by atoms with Gasteiger partial charge >= 0.3 is 5.97 Å². The van der Waals surface area contributed by atoms with Crippen LogP contribution in [0, 0.1) is 0 Å². The highest BCUT2D eigenvalue weighted by Crippen LogP contribution is 2.34. The normalized spacial score (nSPS) is 17.2. The summed E-state index contributed by atoms with van der Waals surface area (Å²) in [7, 11) is 1.66. The molecule has 0 amide bonds. The van der Waals surface area contributed by atoms with Gasteiger partial charge in [0.2, 0.25) is 0 Å². The Labute approximate surface area is 101 Å². The monoisotopic (exact) mass is 235 g/mol. The third-order valence-corrected chi connectivity index (χ3v) is 2.88. The molecule has 1 unspecified atom stereocenters. The fraction of sp³-hybridized carbons (Fsp3) is 0.462. The molecule has 4 nitrogen and oxygen atoms in total. The van der Waals surface area contributed by atoms with Crippen LogP contribution < -0.4 is 10.1 Å². The largest absolute Gasteiger partial charge is 0.496 e. The summed E-state index contributed by atoms with van der Waals surface area (Å²) >= 11 is 0. The Morgan fingerprint density at radius 1 is 1.53 bits per heavy atom. The zero-order valence-electron chi connectivity index (χ0n) is 10.2. The van der Waals surface area contributed by atoms with Crippen LogP contribution in [0.4, 0.5) is 5.69 Å². The van der Waals surface area contributed by atoms with Crippen molar-refractivity contribution in [1.82, 2.24) is 0 Å². The van der Waals surface area contributed by atoms with Gasteiger partial charge in [-0.25, -0.2) is 0 Å². The quantitative estimate of drug-likeness (QED) is 0.811. The maximum absolute atomic E-state index is 11.4. The molecule has 0 aromatic heterocycles. The minimum absolute atomic E-state index is 0.111. The van der Waals surface area contributed by atoms with Crippen molar-refractivity contribution in [2.24, 2.45) is 0 Å². The highest BCUT2D eigenvalue weighted by Gasteiger charge is 2.25. The lowest BCUT2D eigenvalue weighted by atomic mass is 10.1. The summed E-state index contributed by atoms with van der Waals surface area (Å²) in [5, 5.41) is 3.32. The third-order valence-electron chi connectivity index (χ3n) is 2.88. The maximum atomic E-state index is 11.4. The molecular weight excluding hydrogens is 218 g/mol. The van der Waals surface area contributed by atoms with Gasteiger partial charge in [0.1, 0.15) is 5.75 Å². The highest BCUT2D eigenvalue weighted by molar-refractivity contribution is 5.72. The number of esters is 1. The Kier molecular flexibility index (Phi) is 3.52. The van der Waals surface area contributed by atoms with E-state index < -0.39 is 0 Å². The van der Waals surface area contributed by atoms with Crippen LogP contribution in [0.1, 0.15) is 18.9 Å². The molecule has 0 saturated carbocycles. The second-order valence-corrected chi connectivity index (χ2v) is 4.04. The summed E-state index contributed by atoms with van der Waals surface area (Å²) in [5.41, 5.74) is 2.20. The number of ether oxygens (including phenoxy) is 2. The van der Waals surface area contributed by atoms with Gasteiger partial charge in [-0.2, -0.15) is 0 Å². The van der Waals surface area contributed by atoms with Crippen molar-refractivity contribution in [2.45, 2.75) is 25.8 Å². The minimum atomic E-state index is -0.156. The lowest BCUT2D eigenvalue weighted by Gasteiger charge is -2.09. The van der Waals surface area contributed by atoms with E-state index in [-0.39, 0.29) is 12.0 Å². The van der Waals surface area contributed by atoms with Crippen LogP contribution in [-0.4, -0.2) is 25.7 Å². The predicted octanol–water partition coefficient (Wildman–Crippen LogP) is 1.98. The molecule has 0 spiro atoms. The van der Waals surface area contributed by atoms with E-state index in [1.165, 1.54) is 0 Å². The number of carbonyl (C=O) groups is 1. The van der Waals surface area contributed by atoms with Crippen molar-refractivity contribution in [3.63, 3.8) is 0 Å². The summed E-state index contributed by atoms with van der Waals surface area (Å²) in [4.78, 5) is 11.4. The Balaban J connectivity index is 2.03. The van der Waals surface area contributed by atoms with Gasteiger partial charge in [0.05, 0.1) is 20.1 Å². The van der Waals surface area contributed by atoms with Crippen molar-refractivity contribution in [3.05, 3.63) is 23.8 Å². The molecule has 0 radical (unpaired) electrons. The van der Waals surface area contributed by atoms with Crippen LogP contribution in [0.25, 0.3) is 0 Å². The number of rotatable bonds is 4. The maximum Gasteiger partial charge on any atom is 0.307 e.